The van der Waals surface area contributed by atoms with Gasteiger partial charge < -0.3 is 15.0 Å². The smallest absolute Gasteiger partial charge is 0.264 e. The molecule has 1 atom stereocenters. The highest BCUT2D eigenvalue weighted by Gasteiger charge is 2.35. The van der Waals surface area contributed by atoms with Crippen LogP contribution in [0.25, 0.3) is 0 Å². The molecule has 0 heterocycles. The Bertz CT molecular complexity index is 1710. The van der Waals surface area contributed by atoms with Crippen LogP contribution in [0.4, 0.5) is 5.69 Å². The summed E-state index contributed by atoms with van der Waals surface area (Å²) in [7, 11) is -2.68. The third-order valence-electron chi connectivity index (χ3n) is 8.67. The van der Waals surface area contributed by atoms with E-state index in [1.54, 1.807) is 29.2 Å². The SMILES string of the molecule is COc1ccc(S(=O)(=O)N(CC(=O)N(Cc2ccccc2)C(Cc2ccccc2)C(=O)NC2CCCCC2)c2ccc(C)cc2)cc1. The molecule has 5 rings (SSSR count). The molecule has 2 amide bonds. The van der Waals surface area contributed by atoms with Crippen molar-refractivity contribution in [1.29, 1.82) is 0 Å². The number of benzene rings is 4. The number of hydrogen-bond acceptors (Lipinski definition) is 5. The molecule has 246 valence electrons. The van der Waals surface area contributed by atoms with Gasteiger partial charge in [-0.05, 0) is 67.3 Å². The van der Waals surface area contributed by atoms with Crippen LogP contribution in [0.15, 0.2) is 114 Å². The van der Waals surface area contributed by atoms with Gasteiger partial charge in [-0.1, -0.05) is 97.6 Å². The number of amides is 2. The highest BCUT2D eigenvalue weighted by atomic mass is 32.2. The summed E-state index contributed by atoms with van der Waals surface area (Å²) in [6, 6.07) is 31.4. The maximum Gasteiger partial charge on any atom is 0.264 e. The van der Waals surface area contributed by atoms with Crippen LogP contribution in [0, 0.1) is 6.92 Å². The Morgan fingerprint density at radius 1 is 0.809 bits per heavy atom. The summed E-state index contributed by atoms with van der Waals surface area (Å²) < 4.78 is 34.8. The first-order valence-electron chi connectivity index (χ1n) is 16.2. The Hall–Kier alpha value is -4.63. The minimum absolute atomic E-state index is 0.0251. The number of anilines is 1. The lowest BCUT2D eigenvalue weighted by Crippen LogP contribution is -2.55. The van der Waals surface area contributed by atoms with Gasteiger partial charge in [0.1, 0.15) is 18.3 Å². The minimum atomic E-state index is -4.19. The molecular weight excluding hydrogens is 611 g/mol. The molecule has 4 aromatic carbocycles. The van der Waals surface area contributed by atoms with Gasteiger partial charge in [0.25, 0.3) is 10.0 Å². The molecule has 4 aromatic rings. The van der Waals surface area contributed by atoms with Crippen LogP contribution in [0.1, 0.15) is 48.8 Å². The number of ether oxygens (including phenoxy) is 1. The van der Waals surface area contributed by atoms with Crippen LogP contribution < -0.4 is 14.4 Å². The second-order valence-electron chi connectivity index (χ2n) is 12.1. The van der Waals surface area contributed by atoms with Crippen LogP contribution in [0.2, 0.25) is 0 Å². The van der Waals surface area contributed by atoms with Crippen LogP contribution in [-0.4, -0.2) is 50.9 Å². The van der Waals surface area contributed by atoms with Crippen LogP contribution in [0.5, 0.6) is 5.75 Å². The predicted molar refractivity (Wildman–Crippen MR) is 185 cm³/mol. The number of sulfonamides is 1. The standard InChI is InChI=1S/C38H43N3O5S/c1-29-18-20-33(21-19-29)41(47(44,45)35-24-22-34(46-2)23-25-35)28-37(42)40(27-31-14-8-4-9-15-31)36(26-30-12-6-3-7-13-30)38(43)39-32-16-10-5-11-17-32/h3-4,6-9,12-15,18-25,32,36H,5,10-11,16-17,26-28H2,1-2H3,(H,39,43). The van der Waals surface area contributed by atoms with Gasteiger partial charge in [-0.2, -0.15) is 0 Å². The van der Waals surface area contributed by atoms with E-state index < -0.39 is 28.5 Å². The molecule has 0 aromatic heterocycles. The van der Waals surface area contributed by atoms with Crippen molar-refractivity contribution in [2.24, 2.45) is 0 Å². The summed E-state index contributed by atoms with van der Waals surface area (Å²) in [5.74, 6) is -0.195. The molecular formula is C38H43N3O5S. The van der Waals surface area contributed by atoms with Crippen molar-refractivity contribution in [3.05, 3.63) is 126 Å². The van der Waals surface area contributed by atoms with Gasteiger partial charge in [0.2, 0.25) is 11.8 Å². The van der Waals surface area contributed by atoms with E-state index in [0.29, 0.717) is 11.4 Å². The van der Waals surface area contributed by atoms with Gasteiger partial charge in [-0.25, -0.2) is 8.42 Å². The van der Waals surface area contributed by atoms with Gasteiger partial charge in [0, 0.05) is 19.0 Å². The van der Waals surface area contributed by atoms with Crippen molar-refractivity contribution in [3.63, 3.8) is 0 Å². The summed E-state index contributed by atoms with van der Waals surface area (Å²) in [6.45, 7) is 1.56. The zero-order valence-electron chi connectivity index (χ0n) is 27.0. The molecule has 1 unspecified atom stereocenters. The molecule has 1 aliphatic carbocycles. The fraction of sp³-hybridized carbons (Fsp3) is 0.316. The zero-order valence-corrected chi connectivity index (χ0v) is 27.9. The van der Waals surface area contributed by atoms with Crippen LogP contribution in [0.3, 0.4) is 0 Å². The average molecular weight is 654 g/mol. The van der Waals surface area contributed by atoms with Gasteiger partial charge in [-0.15, -0.1) is 0 Å². The first-order chi connectivity index (χ1) is 22.7. The molecule has 1 N–H and O–H groups in total. The summed E-state index contributed by atoms with van der Waals surface area (Å²) in [6.07, 6.45) is 5.34. The number of methoxy groups -OCH3 is 1. The van der Waals surface area contributed by atoms with Crippen molar-refractivity contribution < 1.29 is 22.7 Å². The van der Waals surface area contributed by atoms with E-state index in [-0.39, 0.29) is 29.8 Å². The highest BCUT2D eigenvalue weighted by Crippen LogP contribution is 2.27. The zero-order chi connectivity index (χ0) is 33.2. The van der Waals surface area contributed by atoms with Crippen molar-refractivity contribution >= 4 is 27.5 Å². The fourth-order valence-corrected chi connectivity index (χ4v) is 7.41. The quantitative estimate of drug-likeness (QED) is 0.183. The molecule has 1 aliphatic rings. The highest BCUT2D eigenvalue weighted by molar-refractivity contribution is 7.92. The van der Waals surface area contributed by atoms with Crippen molar-refractivity contribution in [2.45, 2.75) is 69.0 Å². The molecule has 9 heteroatoms. The average Bonchev–Trinajstić information content (AvgIpc) is 3.10. The maximum absolute atomic E-state index is 14.6. The molecule has 0 aliphatic heterocycles. The summed E-state index contributed by atoms with van der Waals surface area (Å²) in [5, 5.41) is 3.24. The van der Waals surface area contributed by atoms with E-state index in [1.807, 2.05) is 79.7 Å². The lowest BCUT2D eigenvalue weighted by molar-refractivity contribution is -0.140. The summed E-state index contributed by atoms with van der Waals surface area (Å²) in [4.78, 5) is 30.4. The molecule has 0 bridgehead atoms. The van der Waals surface area contributed by atoms with Gasteiger partial charge >= 0.3 is 0 Å². The molecule has 1 saturated carbocycles. The molecule has 0 spiro atoms. The monoisotopic (exact) mass is 653 g/mol. The normalized spacial score (nSPS) is 14.2. The number of nitrogens with zero attached hydrogens (tertiary/aromatic N) is 2. The number of carbonyl (C=O) groups is 2. The third-order valence-corrected chi connectivity index (χ3v) is 10.5. The Labute approximate surface area is 278 Å². The number of carbonyl (C=O) groups excluding carboxylic acids is 2. The van der Waals surface area contributed by atoms with E-state index in [0.717, 1.165) is 53.1 Å². The summed E-state index contributed by atoms with van der Waals surface area (Å²) in [5.41, 5.74) is 3.05. The number of nitrogens with one attached hydrogen (secondary N) is 1. The Morgan fingerprint density at radius 3 is 2.00 bits per heavy atom. The topological polar surface area (TPSA) is 96.0 Å². The third kappa shape index (κ3) is 8.80. The molecule has 47 heavy (non-hydrogen) atoms. The van der Waals surface area contributed by atoms with Gasteiger partial charge in [0.15, 0.2) is 0 Å². The lowest BCUT2D eigenvalue weighted by Gasteiger charge is -2.35. The molecule has 8 nitrogen and oxygen atoms in total. The Balaban J connectivity index is 1.54. The largest absolute Gasteiger partial charge is 0.497 e. The van der Waals surface area contributed by atoms with E-state index in [2.05, 4.69) is 5.32 Å². The van der Waals surface area contributed by atoms with Gasteiger partial charge in [-0.3, -0.25) is 13.9 Å². The lowest BCUT2D eigenvalue weighted by atomic mass is 9.94. The Morgan fingerprint density at radius 2 is 1.40 bits per heavy atom. The second kappa shape index (κ2) is 15.8. The molecule has 0 radical (unpaired) electrons. The Kier molecular flexibility index (Phi) is 11.3. The van der Waals surface area contributed by atoms with E-state index in [4.69, 9.17) is 4.74 Å². The summed E-state index contributed by atoms with van der Waals surface area (Å²) >= 11 is 0. The molecule has 1 fully saturated rings. The van der Waals surface area contributed by atoms with Gasteiger partial charge in [0.05, 0.1) is 17.7 Å². The van der Waals surface area contributed by atoms with Crippen molar-refractivity contribution in [3.8, 4) is 5.75 Å². The first kappa shape index (κ1) is 33.7. The fourth-order valence-electron chi connectivity index (χ4n) is 5.99. The van der Waals surface area contributed by atoms with E-state index in [1.165, 1.54) is 19.2 Å². The minimum Gasteiger partial charge on any atom is -0.497 e. The van der Waals surface area contributed by atoms with Crippen LogP contribution in [-0.2, 0) is 32.6 Å². The van der Waals surface area contributed by atoms with Crippen molar-refractivity contribution in [2.75, 3.05) is 18.0 Å². The maximum atomic E-state index is 14.6. The predicted octanol–water partition coefficient (Wildman–Crippen LogP) is 6.29. The van der Waals surface area contributed by atoms with Crippen LogP contribution >= 0.6 is 0 Å². The molecule has 0 saturated heterocycles. The van der Waals surface area contributed by atoms with Crippen molar-refractivity contribution in [1.82, 2.24) is 10.2 Å². The second-order valence-corrected chi connectivity index (χ2v) is 13.9. The number of hydrogen-bond donors (Lipinski definition) is 1. The van der Waals surface area contributed by atoms with E-state index in [9.17, 15) is 18.0 Å². The number of aryl methyl sites for hydroxylation is 1. The number of rotatable bonds is 13. The first-order valence-corrected chi connectivity index (χ1v) is 17.6. The van der Waals surface area contributed by atoms with E-state index >= 15 is 0 Å².